The lowest BCUT2D eigenvalue weighted by Crippen LogP contribution is -2.55. The summed E-state index contributed by atoms with van der Waals surface area (Å²) in [5.74, 6) is -0.419. The summed E-state index contributed by atoms with van der Waals surface area (Å²) >= 11 is 0. The average Bonchev–Trinajstić information content (AvgIpc) is 2.51. The molecule has 2 N–H and O–H groups in total. The Hall–Kier alpha value is -1.92. The Labute approximate surface area is 142 Å². The van der Waals surface area contributed by atoms with Crippen molar-refractivity contribution in [2.24, 2.45) is 5.73 Å². The molecule has 2 rings (SSSR count). The molecule has 1 aromatic carbocycles. The molecule has 0 spiro atoms. The third kappa shape index (κ3) is 4.79. The van der Waals surface area contributed by atoms with Gasteiger partial charge in [-0.25, -0.2) is 0 Å². The van der Waals surface area contributed by atoms with Crippen molar-refractivity contribution in [1.29, 1.82) is 0 Å². The summed E-state index contributed by atoms with van der Waals surface area (Å²) in [6.07, 6.45) is 0.700. The molecule has 1 fully saturated rings. The van der Waals surface area contributed by atoms with Crippen LogP contribution >= 0.6 is 0 Å². The van der Waals surface area contributed by atoms with Crippen molar-refractivity contribution in [2.75, 3.05) is 26.8 Å². The summed E-state index contributed by atoms with van der Waals surface area (Å²) in [6, 6.07) is 7.14. The first-order valence-corrected chi connectivity index (χ1v) is 8.14. The molecule has 1 aromatic rings. The van der Waals surface area contributed by atoms with Gasteiger partial charge in [0.25, 0.3) is 0 Å². The van der Waals surface area contributed by atoms with Crippen LogP contribution in [0.15, 0.2) is 24.3 Å². The van der Waals surface area contributed by atoms with Crippen LogP contribution in [0.1, 0.15) is 36.2 Å². The normalized spacial score (nSPS) is 20.0. The maximum atomic E-state index is 12.6. The van der Waals surface area contributed by atoms with Gasteiger partial charge in [-0.2, -0.15) is 0 Å². The zero-order chi connectivity index (χ0) is 17.7. The first kappa shape index (κ1) is 18.4. The number of methoxy groups -OCH3 is 1. The molecular formula is C18H26N2O4. The van der Waals surface area contributed by atoms with Crippen LogP contribution in [0.5, 0.6) is 0 Å². The fourth-order valence-corrected chi connectivity index (χ4v) is 3.14. The highest BCUT2D eigenvalue weighted by molar-refractivity contribution is 5.94. The van der Waals surface area contributed by atoms with Crippen molar-refractivity contribution in [3.63, 3.8) is 0 Å². The quantitative estimate of drug-likeness (QED) is 0.852. The number of rotatable bonds is 6. The topological polar surface area (TPSA) is 81.9 Å². The Kier molecular flexibility index (Phi) is 5.96. The van der Waals surface area contributed by atoms with Gasteiger partial charge < -0.3 is 20.1 Å². The molecule has 1 aliphatic heterocycles. The van der Waals surface area contributed by atoms with Gasteiger partial charge >= 0.3 is 0 Å². The van der Waals surface area contributed by atoms with Gasteiger partial charge in [-0.3, -0.25) is 9.59 Å². The first-order valence-electron chi connectivity index (χ1n) is 8.14. The molecule has 2 amide bonds. The van der Waals surface area contributed by atoms with Crippen molar-refractivity contribution in [3.8, 4) is 0 Å². The zero-order valence-electron chi connectivity index (χ0n) is 14.6. The second kappa shape index (κ2) is 7.77. The van der Waals surface area contributed by atoms with E-state index in [1.807, 2.05) is 30.9 Å². The van der Waals surface area contributed by atoms with Crippen LogP contribution in [0.3, 0.4) is 0 Å². The fourth-order valence-electron chi connectivity index (χ4n) is 3.14. The van der Waals surface area contributed by atoms with E-state index in [0.29, 0.717) is 38.1 Å². The predicted molar refractivity (Wildman–Crippen MR) is 90.7 cm³/mol. The minimum absolute atomic E-state index is 0.0479. The van der Waals surface area contributed by atoms with E-state index in [0.717, 1.165) is 5.56 Å². The number of nitrogens with zero attached hydrogens (tertiary/aromatic N) is 1. The average molecular weight is 334 g/mol. The lowest BCUT2D eigenvalue weighted by molar-refractivity contribution is -0.168. The zero-order valence-corrected chi connectivity index (χ0v) is 14.6. The van der Waals surface area contributed by atoms with E-state index in [2.05, 4.69) is 0 Å². The Balaban J connectivity index is 2.00. The number of primary amides is 1. The molecule has 6 nitrogen and oxygen atoms in total. The Bertz CT molecular complexity index is 600. The fraction of sp³-hybridized carbons (Fsp3) is 0.556. The smallest absolute Gasteiger partial charge is 0.248 e. The van der Waals surface area contributed by atoms with Gasteiger partial charge in [0.1, 0.15) is 0 Å². The maximum Gasteiger partial charge on any atom is 0.248 e. The number of ether oxygens (including phenoxy) is 2. The first-order chi connectivity index (χ1) is 11.3. The molecule has 0 bridgehead atoms. The van der Waals surface area contributed by atoms with Crippen LogP contribution < -0.4 is 5.73 Å². The molecule has 6 heteroatoms. The molecule has 0 radical (unpaired) electrons. The number of carbonyl (C=O) groups is 2. The van der Waals surface area contributed by atoms with Crippen molar-refractivity contribution in [2.45, 2.75) is 38.4 Å². The molecular weight excluding hydrogens is 308 g/mol. The van der Waals surface area contributed by atoms with Crippen LogP contribution in [0.4, 0.5) is 0 Å². The third-order valence-corrected chi connectivity index (χ3v) is 4.08. The molecule has 24 heavy (non-hydrogen) atoms. The number of carbonyl (C=O) groups excluding carboxylic acids is 2. The van der Waals surface area contributed by atoms with E-state index in [9.17, 15) is 9.59 Å². The molecule has 1 unspecified atom stereocenters. The lowest BCUT2D eigenvalue weighted by Gasteiger charge is -2.42. The summed E-state index contributed by atoms with van der Waals surface area (Å²) in [4.78, 5) is 25.9. The van der Waals surface area contributed by atoms with Crippen LogP contribution in [0, 0.1) is 0 Å². The minimum Gasteiger partial charge on any atom is -0.382 e. The predicted octanol–water partition coefficient (Wildman–Crippen LogP) is 1.37. The van der Waals surface area contributed by atoms with Crippen LogP contribution in [0.25, 0.3) is 0 Å². The Morgan fingerprint density at radius 2 is 2.08 bits per heavy atom. The summed E-state index contributed by atoms with van der Waals surface area (Å²) < 4.78 is 11.1. The number of benzene rings is 1. The van der Waals surface area contributed by atoms with Crippen molar-refractivity contribution in [1.82, 2.24) is 4.90 Å². The van der Waals surface area contributed by atoms with E-state index in [1.54, 1.807) is 19.2 Å². The number of amides is 2. The number of hydrogen-bond acceptors (Lipinski definition) is 4. The van der Waals surface area contributed by atoms with Crippen LogP contribution in [-0.4, -0.2) is 55.2 Å². The molecule has 1 atom stereocenters. The molecule has 0 saturated carbocycles. The van der Waals surface area contributed by atoms with Gasteiger partial charge in [0.15, 0.2) is 0 Å². The SMILES string of the molecule is COCC1CN(C(=O)CCc2ccccc2C(N)=O)CC(C)(C)O1. The van der Waals surface area contributed by atoms with Crippen LogP contribution in [0.2, 0.25) is 0 Å². The van der Waals surface area contributed by atoms with Crippen molar-refractivity contribution in [3.05, 3.63) is 35.4 Å². The molecule has 0 aromatic heterocycles. The minimum atomic E-state index is -0.467. The number of morpholine rings is 1. The lowest BCUT2D eigenvalue weighted by atomic mass is 10.0. The second-order valence-corrected chi connectivity index (χ2v) is 6.75. The summed E-state index contributed by atoms with van der Waals surface area (Å²) in [6.45, 7) is 5.46. The molecule has 1 heterocycles. The van der Waals surface area contributed by atoms with Gasteiger partial charge in [-0.15, -0.1) is 0 Å². The van der Waals surface area contributed by atoms with Crippen molar-refractivity contribution >= 4 is 11.8 Å². The van der Waals surface area contributed by atoms with Gasteiger partial charge in [-0.1, -0.05) is 18.2 Å². The second-order valence-electron chi connectivity index (χ2n) is 6.75. The van der Waals surface area contributed by atoms with E-state index in [1.165, 1.54) is 0 Å². The summed E-state index contributed by atoms with van der Waals surface area (Å²) in [5, 5.41) is 0. The third-order valence-electron chi connectivity index (χ3n) is 4.08. The van der Waals surface area contributed by atoms with Gasteiger partial charge in [0.2, 0.25) is 11.8 Å². The molecule has 1 aliphatic rings. The number of aryl methyl sites for hydroxylation is 1. The van der Waals surface area contributed by atoms with Gasteiger partial charge in [-0.05, 0) is 31.9 Å². The molecule has 132 valence electrons. The molecule has 1 saturated heterocycles. The largest absolute Gasteiger partial charge is 0.382 e. The number of hydrogen-bond donors (Lipinski definition) is 1. The van der Waals surface area contributed by atoms with E-state index in [-0.39, 0.29) is 12.0 Å². The van der Waals surface area contributed by atoms with Crippen LogP contribution in [-0.2, 0) is 20.7 Å². The monoisotopic (exact) mass is 334 g/mol. The highest BCUT2D eigenvalue weighted by Gasteiger charge is 2.35. The summed E-state index contributed by atoms with van der Waals surface area (Å²) in [7, 11) is 1.62. The highest BCUT2D eigenvalue weighted by atomic mass is 16.5. The summed E-state index contributed by atoms with van der Waals surface area (Å²) in [5.41, 5.74) is 6.27. The Morgan fingerprint density at radius 1 is 1.38 bits per heavy atom. The maximum absolute atomic E-state index is 12.6. The number of nitrogens with two attached hydrogens (primary N) is 1. The van der Waals surface area contributed by atoms with E-state index >= 15 is 0 Å². The van der Waals surface area contributed by atoms with E-state index < -0.39 is 11.5 Å². The van der Waals surface area contributed by atoms with Gasteiger partial charge in [0, 0.05) is 32.2 Å². The van der Waals surface area contributed by atoms with Crippen molar-refractivity contribution < 1.29 is 19.1 Å². The Morgan fingerprint density at radius 3 is 2.75 bits per heavy atom. The highest BCUT2D eigenvalue weighted by Crippen LogP contribution is 2.22. The van der Waals surface area contributed by atoms with E-state index in [4.69, 9.17) is 15.2 Å². The van der Waals surface area contributed by atoms with Gasteiger partial charge in [0.05, 0.1) is 18.3 Å². The standard InChI is InChI=1S/C18H26N2O4/c1-18(2)12-20(10-14(24-18)11-23-3)16(21)9-8-13-6-4-5-7-15(13)17(19)22/h4-7,14H,8-12H2,1-3H3,(H2,19,22). The molecule has 0 aliphatic carbocycles.